The van der Waals surface area contributed by atoms with E-state index in [-0.39, 0.29) is 6.10 Å². The predicted molar refractivity (Wildman–Crippen MR) is 76.8 cm³/mol. The Balaban J connectivity index is 2.65. The Kier molecular flexibility index (Phi) is 7.30. The fourth-order valence-corrected chi connectivity index (χ4v) is 1.69. The average Bonchev–Trinajstić information content (AvgIpc) is 2.38. The molecule has 19 heavy (non-hydrogen) atoms. The van der Waals surface area contributed by atoms with E-state index in [1.807, 2.05) is 25.1 Å². The van der Waals surface area contributed by atoms with Gasteiger partial charge in [-0.15, -0.1) is 0 Å². The van der Waals surface area contributed by atoms with Crippen LogP contribution in [0.2, 0.25) is 0 Å². The number of aliphatic hydroxyl groups excluding tert-OH is 1. The van der Waals surface area contributed by atoms with Crippen LogP contribution in [0.3, 0.4) is 0 Å². The number of ether oxygens (including phenoxy) is 2. The monoisotopic (exact) mass is 267 g/mol. The summed E-state index contributed by atoms with van der Waals surface area (Å²) in [6.45, 7) is 8.40. The van der Waals surface area contributed by atoms with Crippen LogP contribution in [0.25, 0.3) is 0 Å². The second-order valence-electron chi connectivity index (χ2n) is 4.54. The van der Waals surface area contributed by atoms with E-state index in [1.165, 1.54) is 0 Å². The summed E-state index contributed by atoms with van der Waals surface area (Å²) in [5.41, 5.74) is 1.12. The largest absolute Gasteiger partial charge is 0.490 e. The van der Waals surface area contributed by atoms with Crippen molar-refractivity contribution in [2.45, 2.75) is 39.8 Å². The van der Waals surface area contributed by atoms with E-state index in [0.29, 0.717) is 26.3 Å². The number of hydrogen-bond acceptors (Lipinski definition) is 4. The van der Waals surface area contributed by atoms with Gasteiger partial charge in [0, 0.05) is 13.1 Å². The van der Waals surface area contributed by atoms with E-state index < -0.39 is 0 Å². The molecule has 0 aromatic heterocycles. The number of hydrogen-bond donors (Lipinski definition) is 2. The van der Waals surface area contributed by atoms with Crippen LogP contribution < -0.4 is 14.8 Å². The zero-order valence-corrected chi connectivity index (χ0v) is 12.1. The summed E-state index contributed by atoms with van der Waals surface area (Å²) < 4.78 is 11.3. The summed E-state index contributed by atoms with van der Waals surface area (Å²) in [6, 6.07) is 5.95. The van der Waals surface area contributed by atoms with Crippen molar-refractivity contribution in [3.05, 3.63) is 23.8 Å². The topological polar surface area (TPSA) is 50.7 Å². The molecule has 1 aromatic carbocycles. The fraction of sp³-hybridized carbons (Fsp3) is 0.600. The predicted octanol–water partition coefficient (Wildman–Crippen LogP) is 2.34. The molecule has 0 amide bonds. The molecule has 0 aliphatic heterocycles. The van der Waals surface area contributed by atoms with E-state index in [1.54, 1.807) is 6.92 Å². The molecule has 0 bridgehead atoms. The maximum Gasteiger partial charge on any atom is 0.161 e. The zero-order chi connectivity index (χ0) is 14.1. The van der Waals surface area contributed by atoms with Crippen molar-refractivity contribution in [1.29, 1.82) is 0 Å². The van der Waals surface area contributed by atoms with E-state index >= 15 is 0 Å². The third kappa shape index (κ3) is 5.94. The van der Waals surface area contributed by atoms with Gasteiger partial charge in [0.2, 0.25) is 0 Å². The molecule has 0 heterocycles. The van der Waals surface area contributed by atoms with Crippen molar-refractivity contribution >= 4 is 0 Å². The molecule has 0 fully saturated rings. The highest BCUT2D eigenvalue weighted by atomic mass is 16.5. The third-order valence-corrected chi connectivity index (χ3v) is 2.54. The molecular weight excluding hydrogens is 242 g/mol. The lowest BCUT2D eigenvalue weighted by Crippen LogP contribution is -2.23. The summed E-state index contributed by atoms with van der Waals surface area (Å²) in [5.74, 6) is 1.58. The van der Waals surface area contributed by atoms with Crippen LogP contribution in [0.5, 0.6) is 11.5 Å². The Hall–Kier alpha value is -1.26. The van der Waals surface area contributed by atoms with Gasteiger partial charge >= 0.3 is 0 Å². The van der Waals surface area contributed by atoms with E-state index in [2.05, 4.69) is 12.2 Å². The van der Waals surface area contributed by atoms with Crippen molar-refractivity contribution in [3.63, 3.8) is 0 Å². The van der Waals surface area contributed by atoms with Gasteiger partial charge in [-0.1, -0.05) is 13.0 Å². The fourth-order valence-electron chi connectivity index (χ4n) is 1.69. The number of nitrogens with one attached hydrogen (secondary N) is 1. The molecule has 0 saturated carbocycles. The molecule has 0 radical (unpaired) electrons. The average molecular weight is 267 g/mol. The Morgan fingerprint density at radius 3 is 2.63 bits per heavy atom. The summed E-state index contributed by atoms with van der Waals surface area (Å²) in [7, 11) is 0. The molecule has 4 heteroatoms. The molecule has 4 nitrogen and oxygen atoms in total. The SMILES string of the molecule is CCCOc1ccc(CNC[C@H](C)O)cc1OCC. The van der Waals surface area contributed by atoms with Crippen molar-refractivity contribution in [1.82, 2.24) is 5.32 Å². The van der Waals surface area contributed by atoms with Gasteiger partial charge in [-0.2, -0.15) is 0 Å². The van der Waals surface area contributed by atoms with Crippen LogP contribution in [0.4, 0.5) is 0 Å². The first kappa shape index (κ1) is 15.8. The van der Waals surface area contributed by atoms with Crippen molar-refractivity contribution in [2.75, 3.05) is 19.8 Å². The van der Waals surface area contributed by atoms with Gasteiger partial charge in [0.15, 0.2) is 11.5 Å². The van der Waals surface area contributed by atoms with Crippen LogP contribution in [0, 0.1) is 0 Å². The maximum absolute atomic E-state index is 9.20. The Labute approximate surface area is 115 Å². The Morgan fingerprint density at radius 2 is 2.00 bits per heavy atom. The highest BCUT2D eigenvalue weighted by molar-refractivity contribution is 5.43. The molecule has 108 valence electrons. The van der Waals surface area contributed by atoms with Gasteiger partial charge in [-0.25, -0.2) is 0 Å². The van der Waals surface area contributed by atoms with Crippen LogP contribution in [-0.4, -0.2) is 31.0 Å². The van der Waals surface area contributed by atoms with Gasteiger partial charge in [-0.3, -0.25) is 0 Å². The summed E-state index contributed by atoms with van der Waals surface area (Å²) >= 11 is 0. The highest BCUT2D eigenvalue weighted by Crippen LogP contribution is 2.28. The van der Waals surface area contributed by atoms with E-state index in [0.717, 1.165) is 23.5 Å². The smallest absolute Gasteiger partial charge is 0.161 e. The lowest BCUT2D eigenvalue weighted by Gasteiger charge is -2.13. The number of benzene rings is 1. The second-order valence-corrected chi connectivity index (χ2v) is 4.54. The maximum atomic E-state index is 9.20. The first-order chi connectivity index (χ1) is 9.17. The molecule has 0 unspecified atom stereocenters. The highest BCUT2D eigenvalue weighted by Gasteiger charge is 2.06. The first-order valence-corrected chi connectivity index (χ1v) is 6.94. The van der Waals surface area contributed by atoms with Crippen LogP contribution in [0.1, 0.15) is 32.8 Å². The molecule has 1 atom stereocenters. The van der Waals surface area contributed by atoms with E-state index in [9.17, 15) is 5.11 Å². The quantitative estimate of drug-likeness (QED) is 0.721. The molecule has 0 spiro atoms. The lowest BCUT2D eigenvalue weighted by molar-refractivity contribution is 0.191. The van der Waals surface area contributed by atoms with Gasteiger partial charge < -0.3 is 19.9 Å². The zero-order valence-electron chi connectivity index (χ0n) is 12.1. The van der Waals surface area contributed by atoms with Crippen molar-refractivity contribution in [3.8, 4) is 11.5 Å². The van der Waals surface area contributed by atoms with Gasteiger partial charge in [-0.05, 0) is 38.0 Å². The molecule has 0 saturated heterocycles. The summed E-state index contributed by atoms with van der Waals surface area (Å²) in [6.07, 6.45) is 0.641. The van der Waals surface area contributed by atoms with Crippen molar-refractivity contribution < 1.29 is 14.6 Å². The minimum Gasteiger partial charge on any atom is -0.490 e. The summed E-state index contributed by atoms with van der Waals surface area (Å²) in [4.78, 5) is 0. The molecule has 2 N–H and O–H groups in total. The van der Waals surface area contributed by atoms with E-state index in [4.69, 9.17) is 9.47 Å². The Morgan fingerprint density at radius 1 is 1.21 bits per heavy atom. The molecule has 1 rings (SSSR count). The first-order valence-electron chi connectivity index (χ1n) is 6.94. The lowest BCUT2D eigenvalue weighted by atomic mass is 10.2. The Bertz CT molecular complexity index is 366. The third-order valence-electron chi connectivity index (χ3n) is 2.54. The van der Waals surface area contributed by atoms with Gasteiger partial charge in [0.1, 0.15) is 0 Å². The van der Waals surface area contributed by atoms with Gasteiger partial charge in [0.05, 0.1) is 19.3 Å². The van der Waals surface area contributed by atoms with Crippen LogP contribution in [0.15, 0.2) is 18.2 Å². The van der Waals surface area contributed by atoms with Crippen molar-refractivity contribution in [2.24, 2.45) is 0 Å². The molecule has 0 aliphatic carbocycles. The number of aliphatic hydroxyl groups is 1. The number of rotatable bonds is 9. The summed E-state index contributed by atoms with van der Waals surface area (Å²) in [5, 5.41) is 12.4. The van der Waals surface area contributed by atoms with Crippen LogP contribution in [-0.2, 0) is 6.54 Å². The molecular formula is C15H25NO3. The van der Waals surface area contributed by atoms with Crippen LogP contribution >= 0.6 is 0 Å². The standard InChI is InChI=1S/C15H25NO3/c1-4-8-19-14-7-6-13(9-15(14)18-5-2)11-16-10-12(3)17/h6-7,9,12,16-17H,4-5,8,10-11H2,1-3H3/t12-/m0/s1. The van der Waals surface area contributed by atoms with Gasteiger partial charge in [0.25, 0.3) is 0 Å². The normalized spacial score (nSPS) is 12.2. The second kappa shape index (κ2) is 8.77. The minimum absolute atomic E-state index is 0.335. The minimum atomic E-state index is -0.335. The molecule has 0 aliphatic rings. The molecule has 1 aromatic rings.